The molecule has 0 unspecified atom stereocenters. The molecular formula is C13H15N5O2S. The van der Waals surface area contributed by atoms with E-state index >= 15 is 0 Å². The van der Waals surface area contributed by atoms with Gasteiger partial charge in [0.15, 0.2) is 10.3 Å². The van der Waals surface area contributed by atoms with Crippen LogP contribution in [0, 0.1) is 6.92 Å². The van der Waals surface area contributed by atoms with Gasteiger partial charge in [-0.25, -0.2) is 14.8 Å². The van der Waals surface area contributed by atoms with Crippen molar-refractivity contribution in [3.63, 3.8) is 0 Å². The van der Waals surface area contributed by atoms with Crippen molar-refractivity contribution in [3.8, 4) is 0 Å². The molecule has 2 aromatic rings. The van der Waals surface area contributed by atoms with E-state index in [4.69, 9.17) is 5.11 Å². The third-order valence-electron chi connectivity index (χ3n) is 3.45. The molecule has 21 heavy (non-hydrogen) atoms. The van der Waals surface area contributed by atoms with Gasteiger partial charge in [-0.15, -0.1) is 10.2 Å². The van der Waals surface area contributed by atoms with Crippen molar-refractivity contribution < 1.29 is 9.90 Å². The normalized spacial score (nSPS) is 14.5. The highest BCUT2D eigenvalue weighted by Crippen LogP contribution is 2.26. The van der Waals surface area contributed by atoms with Crippen LogP contribution in [0.15, 0.2) is 16.5 Å². The molecule has 8 heteroatoms. The largest absolute Gasteiger partial charge is 0.478 e. The molecular weight excluding hydrogens is 290 g/mol. The second-order valence-electron chi connectivity index (χ2n) is 4.92. The first-order valence-corrected chi connectivity index (χ1v) is 7.63. The van der Waals surface area contributed by atoms with E-state index in [1.807, 2.05) is 0 Å². The average Bonchev–Trinajstić information content (AvgIpc) is 2.68. The van der Waals surface area contributed by atoms with Gasteiger partial charge in [0.2, 0.25) is 0 Å². The van der Waals surface area contributed by atoms with Gasteiger partial charge in [-0.3, -0.25) is 0 Å². The van der Waals surface area contributed by atoms with E-state index in [2.05, 4.69) is 24.7 Å². The van der Waals surface area contributed by atoms with Crippen LogP contribution >= 0.6 is 11.8 Å². The summed E-state index contributed by atoms with van der Waals surface area (Å²) in [6.07, 6.45) is 5.76. The van der Waals surface area contributed by atoms with Crippen LogP contribution in [-0.2, 0) is 13.0 Å². The number of hydrogen-bond donors (Lipinski definition) is 1. The smallest absolute Gasteiger partial charge is 0.339 e. The second-order valence-corrected chi connectivity index (χ2v) is 5.85. The number of carboxylic acids is 1. The predicted octanol–water partition coefficient (Wildman–Crippen LogP) is 1.95. The zero-order valence-corrected chi connectivity index (χ0v) is 12.4. The predicted molar refractivity (Wildman–Crippen MR) is 75.4 cm³/mol. The number of nitrogens with zero attached hydrogens (tertiary/aromatic N) is 5. The van der Waals surface area contributed by atoms with Gasteiger partial charge in [-0.05, 0) is 31.5 Å². The molecule has 0 aromatic carbocycles. The lowest BCUT2D eigenvalue weighted by molar-refractivity contribution is 0.0695. The fraction of sp³-hybridized carbons (Fsp3) is 0.462. The van der Waals surface area contributed by atoms with E-state index in [9.17, 15) is 4.79 Å². The van der Waals surface area contributed by atoms with Crippen molar-refractivity contribution in [1.29, 1.82) is 0 Å². The van der Waals surface area contributed by atoms with Crippen LogP contribution in [0.25, 0.3) is 0 Å². The van der Waals surface area contributed by atoms with E-state index in [1.165, 1.54) is 24.4 Å². The fourth-order valence-electron chi connectivity index (χ4n) is 2.32. The summed E-state index contributed by atoms with van der Waals surface area (Å²) in [6.45, 7) is 2.58. The first-order valence-electron chi connectivity index (χ1n) is 6.82. The van der Waals surface area contributed by atoms with E-state index in [1.54, 1.807) is 6.92 Å². The van der Waals surface area contributed by atoms with Crippen molar-refractivity contribution in [2.75, 3.05) is 0 Å². The molecule has 1 aliphatic rings. The Morgan fingerprint density at radius 1 is 1.33 bits per heavy atom. The Morgan fingerprint density at radius 2 is 2.19 bits per heavy atom. The molecule has 0 saturated heterocycles. The van der Waals surface area contributed by atoms with E-state index in [0.717, 1.165) is 36.8 Å². The monoisotopic (exact) mass is 305 g/mol. The second kappa shape index (κ2) is 5.80. The van der Waals surface area contributed by atoms with Crippen LogP contribution in [0.3, 0.4) is 0 Å². The molecule has 1 N–H and O–H groups in total. The van der Waals surface area contributed by atoms with Crippen molar-refractivity contribution in [2.45, 2.75) is 49.5 Å². The van der Waals surface area contributed by atoms with Gasteiger partial charge < -0.3 is 9.67 Å². The Kier molecular flexibility index (Phi) is 3.87. The van der Waals surface area contributed by atoms with Crippen LogP contribution < -0.4 is 0 Å². The average molecular weight is 305 g/mol. The first kappa shape index (κ1) is 14.0. The summed E-state index contributed by atoms with van der Waals surface area (Å²) in [4.78, 5) is 19.3. The maximum atomic E-state index is 11.0. The number of aromatic carboxylic acids is 1. The molecule has 1 aliphatic heterocycles. The molecule has 7 nitrogen and oxygen atoms in total. The lowest BCUT2D eigenvalue weighted by Gasteiger charge is -2.06. The van der Waals surface area contributed by atoms with Crippen LogP contribution in [0.1, 0.15) is 41.1 Å². The Labute approximate surface area is 125 Å². The third kappa shape index (κ3) is 2.90. The zero-order chi connectivity index (χ0) is 14.8. The van der Waals surface area contributed by atoms with Crippen LogP contribution in [-0.4, -0.2) is 35.8 Å². The summed E-state index contributed by atoms with van der Waals surface area (Å²) in [5.74, 6) is -0.00530. The Morgan fingerprint density at radius 3 is 2.95 bits per heavy atom. The molecule has 3 rings (SSSR count). The summed E-state index contributed by atoms with van der Waals surface area (Å²) in [6, 6.07) is 0. The van der Waals surface area contributed by atoms with Gasteiger partial charge in [-0.1, -0.05) is 6.42 Å². The van der Waals surface area contributed by atoms with E-state index in [-0.39, 0.29) is 5.56 Å². The molecule has 0 amide bonds. The SMILES string of the molecule is Cc1nc(Sc2nnc3n2CCCCC3)ncc1C(=O)O. The quantitative estimate of drug-likeness (QED) is 0.866. The van der Waals surface area contributed by atoms with E-state index < -0.39 is 5.97 Å². The summed E-state index contributed by atoms with van der Waals surface area (Å²) in [5.41, 5.74) is 0.579. The molecule has 0 atom stereocenters. The van der Waals surface area contributed by atoms with Crippen LogP contribution in [0.2, 0.25) is 0 Å². The molecule has 110 valence electrons. The maximum absolute atomic E-state index is 11.0. The summed E-state index contributed by atoms with van der Waals surface area (Å²) in [5, 5.41) is 18.7. The van der Waals surface area contributed by atoms with Gasteiger partial charge >= 0.3 is 5.97 Å². The molecule has 3 heterocycles. The molecule has 0 spiro atoms. The Bertz CT molecular complexity index is 685. The Balaban J connectivity index is 1.86. The van der Waals surface area contributed by atoms with Gasteiger partial charge in [-0.2, -0.15) is 0 Å². The third-order valence-corrected chi connectivity index (χ3v) is 4.31. The number of fused-ring (bicyclic) bond motifs is 1. The first-order chi connectivity index (χ1) is 10.1. The highest BCUT2D eigenvalue weighted by Gasteiger charge is 2.17. The minimum Gasteiger partial charge on any atom is -0.478 e. The van der Waals surface area contributed by atoms with Crippen LogP contribution in [0.5, 0.6) is 0 Å². The molecule has 0 bridgehead atoms. The van der Waals surface area contributed by atoms with Gasteiger partial charge in [0.05, 0.1) is 11.3 Å². The minimum atomic E-state index is -1.01. The zero-order valence-electron chi connectivity index (χ0n) is 11.6. The minimum absolute atomic E-state index is 0.124. The number of aryl methyl sites for hydroxylation is 2. The van der Waals surface area contributed by atoms with Crippen molar-refractivity contribution in [3.05, 3.63) is 23.3 Å². The lowest BCUT2D eigenvalue weighted by atomic mass is 10.2. The van der Waals surface area contributed by atoms with Gasteiger partial charge in [0.1, 0.15) is 5.82 Å². The molecule has 2 aromatic heterocycles. The number of rotatable bonds is 3. The fourth-order valence-corrected chi connectivity index (χ4v) is 3.16. The highest BCUT2D eigenvalue weighted by atomic mass is 32.2. The summed E-state index contributed by atoms with van der Waals surface area (Å²) >= 11 is 1.33. The summed E-state index contributed by atoms with van der Waals surface area (Å²) in [7, 11) is 0. The van der Waals surface area contributed by atoms with Crippen molar-refractivity contribution in [2.24, 2.45) is 0 Å². The number of aromatic nitrogens is 5. The molecule has 0 aliphatic carbocycles. The molecule has 0 saturated carbocycles. The molecule has 0 fully saturated rings. The van der Waals surface area contributed by atoms with Gasteiger partial charge in [0.25, 0.3) is 0 Å². The highest BCUT2D eigenvalue weighted by molar-refractivity contribution is 7.99. The Hall–Kier alpha value is -1.96. The van der Waals surface area contributed by atoms with Crippen molar-refractivity contribution in [1.82, 2.24) is 24.7 Å². The number of carboxylic acid groups (broad SMARTS) is 1. The van der Waals surface area contributed by atoms with Gasteiger partial charge in [0, 0.05) is 19.2 Å². The standard InChI is InChI=1S/C13H15N5O2S/c1-8-9(11(19)20)7-14-12(15-8)21-13-17-16-10-5-3-2-4-6-18(10)13/h7H,2-6H2,1H3,(H,19,20). The van der Waals surface area contributed by atoms with Crippen molar-refractivity contribution >= 4 is 17.7 Å². The molecule has 0 radical (unpaired) electrons. The van der Waals surface area contributed by atoms with E-state index in [0.29, 0.717) is 10.9 Å². The lowest BCUT2D eigenvalue weighted by Crippen LogP contribution is -2.05. The number of hydrogen-bond acceptors (Lipinski definition) is 6. The maximum Gasteiger partial charge on any atom is 0.339 e. The van der Waals surface area contributed by atoms with Crippen LogP contribution in [0.4, 0.5) is 0 Å². The number of carbonyl (C=O) groups is 1. The topological polar surface area (TPSA) is 93.8 Å². The summed E-state index contributed by atoms with van der Waals surface area (Å²) < 4.78 is 2.11.